The van der Waals surface area contributed by atoms with Crippen molar-refractivity contribution in [2.75, 3.05) is 16.8 Å². The molecule has 0 heterocycles. The highest BCUT2D eigenvalue weighted by Crippen LogP contribution is 2.29. The number of hydrogen-bond acceptors (Lipinski definition) is 3. The van der Waals surface area contributed by atoms with Crippen LogP contribution in [0.15, 0.2) is 50.2 Å². The zero-order valence-corrected chi connectivity index (χ0v) is 15.4. The van der Waals surface area contributed by atoms with Gasteiger partial charge in [-0.2, -0.15) is 0 Å². The number of nitrogens with two attached hydrogens (primary N) is 1. The van der Waals surface area contributed by atoms with E-state index in [1.54, 1.807) is 12.1 Å². The molecule has 0 aliphatic heterocycles. The molecule has 2 rings (SSSR count). The van der Waals surface area contributed by atoms with Gasteiger partial charge in [0.25, 0.3) is 0 Å². The van der Waals surface area contributed by atoms with E-state index in [1.807, 2.05) is 24.3 Å². The van der Waals surface area contributed by atoms with Gasteiger partial charge in [0.05, 0.1) is 16.5 Å². The van der Waals surface area contributed by atoms with Crippen LogP contribution >= 0.6 is 55.2 Å². The summed E-state index contributed by atoms with van der Waals surface area (Å²) < 4.78 is 1.78. The highest BCUT2D eigenvalue weighted by Gasteiger charge is 2.08. The molecule has 0 aromatic heterocycles. The van der Waals surface area contributed by atoms with E-state index in [9.17, 15) is 4.79 Å². The fourth-order valence-electron chi connectivity index (χ4n) is 1.57. The van der Waals surface area contributed by atoms with Crippen molar-refractivity contribution in [1.82, 2.24) is 0 Å². The minimum atomic E-state index is -0.133. The van der Waals surface area contributed by atoms with Crippen LogP contribution in [0.3, 0.4) is 0 Å². The quantitative estimate of drug-likeness (QED) is 0.499. The summed E-state index contributed by atoms with van der Waals surface area (Å²) in [6.45, 7) is 0. The van der Waals surface area contributed by atoms with Crippen LogP contribution in [-0.2, 0) is 4.79 Å². The summed E-state index contributed by atoms with van der Waals surface area (Å²) in [4.78, 5) is 12.8. The summed E-state index contributed by atoms with van der Waals surface area (Å²) in [6, 6.07) is 10.9. The molecular formula is C14H11Br2ClN2OS. The van der Waals surface area contributed by atoms with E-state index in [-0.39, 0.29) is 11.7 Å². The Kier molecular flexibility index (Phi) is 5.98. The second-order valence-corrected chi connectivity index (χ2v) is 7.40. The Balaban J connectivity index is 1.96. The third kappa shape index (κ3) is 4.92. The minimum absolute atomic E-state index is 0.133. The molecule has 2 aromatic rings. The van der Waals surface area contributed by atoms with Crippen LogP contribution < -0.4 is 11.1 Å². The van der Waals surface area contributed by atoms with E-state index in [0.717, 1.165) is 13.8 Å². The van der Waals surface area contributed by atoms with Gasteiger partial charge in [0.2, 0.25) is 5.91 Å². The average Bonchev–Trinajstić information content (AvgIpc) is 2.41. The zero-order valence-electron chi connectivity index (χ0n) is 10.7. The number of carbonyl (C=O) groups is 1. The van der Waals surface area contributed by atoms with Crippen LogP contribution in [0.2, 0.25) is 5.02 Å². The molecule has 3 nitrogen and oxygen atoms in total. The van der Waals surface area contributed by atoms with Crippen molar-refractivity contribution in [3.63, 3.8) is 0 Å². The van der Waals surface area contributed by atoms with Crippen molar-refractivity contribution < 1.29 is 4.79 Å². The van der Waals surface area contributed by atoms with Crippen LogP contribution in [0.1, 0.15) is 0 Å². The maximum Gasteiger partial charge on any atom is 0.234 e. The first-order chi connectivity index (χ1) is 9.95. The fraction of sp³-hybridized carbons (Fsp3) is 0.0714. The predicted molar refractivity (Wildman–Crippen MR) is 97.1 cm³/mol. The normalized spacial score (nSPS) is 10.4. The maximum atomic E-state index is 11.9. The van der Waals surface area contributed by atoms with E-state index < -0.39 is 0 Å². The van der Waals surface area contributed by atoms with Crippen LogP contribution in [-0.4, -0.2) is 11.7 Å². The molecule has 0 saturated heterocycles. The summed E-state index contributed by atoms with van der Waals surface area (Å²) in [5.41, 5.74) is 7.13. The Morgan fingerprint density at radius 3 is 2.52 bits per heavy atom. The molecule has 1 amide bonds. The topological polar surface area (TPSA) is 55.1 Å². The van der Waals surface area contributed by atoms with E-state index in [0.29, 0.717) is 16.4 Å². The van der Waals surface area contributed by atoms with Gasteiger partial charge in [0.15, 0.2) is 0 Å². The smallest absolute Gasteiger partial charge is 0.234 e. The number of rotatable bonds is 4. The number of benzene rings is 2. The van der Waals surface area contributed by atoms with Crippen LogP contribution in [0.4, 0.5) is 11.4 Å². The van der Waals surface area contributed by atoms with Crippen molar-refractivity contribution in [2.45, 2.75) is 4.90 Å². The average molecular weight is 451 g/mol. The van der Waals surface area contributed by atoms with Gasteiger partial charge in [-0.1, -0.05) is 43.5 Å². The van der Waals surface area contributed by atoms with Crippen molar-refractivity contribution in [3.05, 3.63) is 50.4 Å². The number of anilines is 2. The summed E-state index contributed by atoms with van der Waals surface area (Å²) in [7, 11) is 0. The molecule has 0 atom stereocenters. The van der Waals surface area contributed by atoms with Gasteiger partial charge in [0, 0.05) is 19.5 Å². The number of nitrogen functional groups attached to an aromatic ring is 1. The molecule has 3 N–H and O–H groups in total. The molecule has 0 unspecified atom stereocenters. The Bertz CT molecular complexity index is 682. The van der Waals surface area contributed by atoms with Crippen molar-refractivity contribution in [2.24, 2.45) is 0 Å². The SMILES string of the molecule is Nc1cc(Br)ccc1SCC(=O)Nc1ccc(Br)cc1Cl. The Morgan fingerprint density at radius 2 is 1.86 bits per heavy atom. The minimum Gasteiger partial charge on any atom is -0.398 e. The molecule has 0 radical (unpaired) electrons. The number of halogens is 3. The lowest BCUT2D eigenvalue weighted by molar-refractivity contribution is -0.113. The molecular weight excluding hydrogens is 439 g/mol. The first kappa shape index (κ1) is 16.7. The second kappa shape index (κ2) is 7.54. The number of nitrogens with one attached hydrogen (secondary N) is 1. The molecule has 21 heavy (non-hydrogen) atoms. The monoisotopic (exact) mass is 448 g/mol. The van der Waals surface area contributed by atoms with Crippen molar-refractivity contribution in [1.29, 1.82) is 0 Å². The molecule has 0 fully saturated rings. The van der Waals surface area contributed by atoms with E-state index in [2.05, 4.69) is 37.2 Å². The molecule has 7 heteroatoms. The summed E-state index contributed by atoms with van der Waals surface area (Å²) >= 11 is 14.1. The number of hydrogen-bond donors (Lipinski definition) is 2. The fourth-order valence-corrected chi connectivity index (χ4v) is 3.42. The van der Waals surface area contributed by atoms with E-state index >= 15 is 0 Å². The summed E-state index contributed by atoms with van der Waals surface area (Å²) in [5, 5.41) is 3.27. The van der Waals surface area contributed by atoms with Crippen LogP contribution in [0.25, 0.3) is 0 Å². The van der Waals surface area contributed by atoms with Gasteiger partial charge in [-0.3, -0.25) is 4.79 Å². The number of thioether (sulfide) groups is 1. The molecule has 0 bridgehead atoms. The van der Waals surface area contributed by atoms with Crippen molar-refractivity contribution >= 4 is 72.5 Å². The van der Waals surface area contributed by atoms with Gasteiger partial charge in [-0.15, -0.1) is 11.8 Å². The van der Waals surface area contributed by atoms with E-state index in [1.165, 1.54) is 11.8 Å². The highest BCUT2D eigenvalue weighted by atomic mass is 79.9. The third-order valence-corrected chi connectivity index (χ3v) is 4.92. The van der Waals surface area contributed by atoms with Crippen LogP contribution in [0.5, 0.6) is 0 Å². The number of carbonyl (C=O) groups excluding carboxylic acids is 1. The molecule has 0 saturated carbocycles. The largest absolute Gasteiger partial charge is 0.398 e. The van der Waals surface area contributed by atoms with Gasteiger partial charge in [-0.05, 0) is 36.4 Å². The van der Waals surface area contributed by atoms with Crippen LogP contribution in [0, 0.1) is 0 Å². The third-order valence-electron chi connectivity index (χ3n) is 2.54. The molecule has 2 aromatic carbocycles. The molecule has 0 aliphatic carbocycles. The molecule has 0 aliphatic rings. The van der Waals surface area contributed by atoms with Gasteiger partial charge < -0.3 is 11.1 Å². The lowest BCUT2D eigenvalue weighted by Crippen LogP contribution is -2.14. The summed E-state index contributed by atoms with van der Waals surface area (Å²) in [6.07, 6.45) is 0. The molecule has 0 spiro atoms. The lowest BCUT2D eigenvalue weighted by Gasteiger charge is -2.08. The maximum absolute atomic E-state index is 11.9. The second-order valence-electron chi connectivity index (χ2n) is 4.14. The Hall–Kier alpha value is -0.690. The predicted octanol–water partition coefficient (Wildman–Crippen LogP) is 5.18. The lowest BCUT2D eigenvalue weighted by atomic mass is 10.3. The first-order valence-electron chi connectivity index (χ1n) is 5.88. The first-order valence-corrected chi connectivity index (χ1v) is 8.83. The number of amides is 1. The summed E-state index contributed by atoms with van der Waals surface area (Å²) in [5.74, 6) is 0.129. The Labute approximate surface area is 148 Å². The molecule has 110 valence electrons. The standard InChI is InChI=1S/C14H11Br2ClN2OS/c15-8-1-3-12(10(17)5-8)19-14(20)7-21-13-4-2-9(16)6-11(13)18/h1-6H,7,18H2,(H,19,20). The van der Waals surface area contributed by atoms with E-state index in [4.69, 9.17) is 17.3 Å². The van der Waals surface area contributed by atoms with Crippen molar-refractivity contribution in [3.8, 4) is 0 Å². The highest BCUT2D eigenvalue weighted by molar-refractivity contribution is 9.10. The zero-order chi connectivity index (χ0) is 15.4. The van der Waals surface area contributed by atoms with Gasteiger partial charge in [0.1, 0.15) is 0 Å². The Morgan fingerprint density at radius 1 is 1.19 bits per heavy atom. The van der Waals surface area contributed by atoms with Gasteiger partial charge >= 0.3 is 0 Å². The van der Waals surface area contributed by atoms with Gasteiger partial charge in [-0.25, -0.2) is 0 Å².